The lowest BCUT2D eigenvalue weighted by atomic mass is 10.1. The monoisotopic (exact) mass is 558 g/mol. The molecule has 0 radical (unpaired) electrons. The fourth-order valence-electron chi connectivity index (χ4n) is 4.43. The van der Waals surface area contributed by atoms with Gasteiger partial charge >= 0.3 is 0 Å². The Labute approximate surface area is 240 Å². The van der Waals surface area contributed by atoms with E-state index < -0.39 is 0 Å². The Bertz CT molecular complexity index is 1460. The zero-order valence-electron chi connectivity index (χ0n) is 23.9. The van der Waals surface area contributed by atoms with Crippen molar-refractivity contribution < 1.29 is 4.79 Å². The zero-order valence-corrected chi connectivity index (χ0v) is 24.7. The normalized spacial score (nSPS) is 11.5. The minimum Gasteiger partial charge on any atom is -0.303 e. The quantitative estimate of drug-likeness (QED) is 0.242. The topological polar surface area (TPSA) is 83.4 Å². The summed E-state index contributed by atoms with van der Waals surface area (Å²) in [6.45, 7) is 13.2. The Hall–Kier alpha value is -3.66. The van der Waals surface area contributed by atoms with Gasteiger partial charge in [-0.2, -0.15) is 5.10 Å². The highest BCUT2D eigenvalue weighted by atomic mass is 32.1. The van der Waals surface area contributed by atoms with E-state index in [4.69, 9.17) is 4.98 Å². The summed E-state index contributed by atoms with van der Waals surface area (Å²) in [6, 6.07) is 20.7. The first-order chi connectivity index (χ1) is 19.3. The third-order valence-corrected chi connectivity index (χ3v) is 7.80. The molecule has 9 heteroatoms. The molecule has 40 heavy (non-hydrogen) atoms. The second kappa shape index (κ2) is 13.6. The van der Waals surface area contributed by atoms with Crippen molar-refractivity contribution in [3.8, 4) is 21.8 Å². The van der Waals surface area contributed by atoms with E-state index in [9.17, 15) is 9.59 Å². The van der Waals surface area contributed by atoms with Gasteiger partial charge in [0, 0.05) is 36.8 Å². The predicted molar refractivity (Wildman–Crippen MR) is 164 cm³/mol. The van der Waals surface area contributed by atoms with E-state index in [0.29, 0.717) is 22.1 Å². The van der Waals surface area contributed by atoms with Gasteiger partial charge in [-0.3, -0.25) is 14.9 Å². The summed E-state index contributed by atoms with van der Waals surface area (Å²) in [5.41, 5.74) is 3.83. The maximum atomic E-state index is 13.2. The molecule has 8 nitrogen and oxygen atoms in total. The van der Waals surface area contributed by atoms with Crippen molar-refractivity contribution in [3.05, 3.63) is 88.2 Å². The number of rotatable bonds is 12. The number of thiazole rings is 1. The van der Waals surface area contributed by atoms with E-state index in [2.05, 4.69) is 41.1 Å². The lowest BCUT2D eigenvalue weighted by Gasteiger charge is -2.23. The molecule has 4 aromatic rings. The summed E-state index contributed by atoms with van der Waals surface area (Å²) in [6.07, 6.45) is 0. The third-order valence-electron chi connectivity index (χ3n) is 6.80. The molecule has 0 aliphatic heterocycles. The van der Waals surface area contributed by atoms with Crippen LogP contribution in [0.1, 0.15) is 49.7 Å². The molecule has 210 valence electrons. The van der Waals surface area contributed by atoms with Gasteiger partial charge in [-0.25, -0.2) is 9.67 Å². The molecule has 2 aromatic carbocycles. The van der Waals surface area contributed by atoms with E-state index in [1.165, 1.54) is 22.1 Å². The average molecular weight is 559 g/mol. The third kappa shape index (κ3) is 7.29. The van der Waals surface area contributed by atoms with E-state index in [0.717, 1.165) is 48.7 Å². The fourth-order valence-corrected chi connectivity index (χ4v) is 5.38. The predicted octanol–water partition coefficient (Wildman–Crippen LogP) is 5.64. The number of aromatic nitrogens is 3. The van der Waals surface area contributed by atoms with Crippen LogP contribution >= 0.6 is 11.3 Å². The molecule has 2 heterocycles. The van der Waals surface area contributed by atoms with Gasteiger partial charge in [0.15, 0.2) is 5.13 Å². The molecule has 0 aliphatic carbocycles. The molecule has 0 aliphatic rings. The Balaban J connectivity index is 1.52. The second-order valence-electron chi connectivity index (χ2n) is 10.1. The minimum absolute atomic E-state index is 0.0788. The van der Waals surface area contributed by atoms with E-state index in [-0.39, 0.29) is 17.5 Å². The number of benzene rings is 2. The van der Waals surface area contributed by atoms with E-state index in [1.54, 1.807) is 6.07 Å². The Morgan fingerprint density at radius 3 is 2.33 bits per heavy atom. The number of nitrogens with one attached hydrogen (secondary N) is 1. The van der Waals surface area contributed by atoms with Gasteiger partial charge in [-0.05, 0) is 57.7 Å². The average Bonchev–Trinajstić information content (AvgIpc) is 3.38. The van der Waals surface area contributed by atoms with Crippen LogP contribution in [0.2, 0.25) is 0 Å². The SMILES string of the molecule is CCN(CC)CCN(C)Cc1ccc(C(=O)Nc2nc(-c3ccccc3)c(-c3ccc(=O)n(C(C)C)n3)s2)cc1. The fraction of sp³-hybridized carbons (Fsp3) is 0.355. The number of hydrogen-bond acceptors (Lipinski definition) is 7. The van der Waals surface area contributed by atoms with Crippen molar-refractivity contribution in [1.29, 1.82) is 0 Å². The molecule has 0 unspecified atom stereocenters. The van der Waals surface area contributed by atoms with Gasteiger partial charge in [0.1, 0.15) is 5.69 Å². The van der Waals surface area contributed by atoms with Gasteiger partial charge < -0.3 is 9.80 Å². The summed E-state index contributed by atoms with van der Waals surface area (Å²) in [5, 5.41) is 8.04. The van der Waals surface area contributed by atoms with E-state index >= 15 is 0 Å². The second-order valence-corrected chi connectivity index (χ2v) is 11.1. The number of nitrogens with zero attached hydrogens (tertiary/aromatic N) is 5. The molecule has 0 fully saturated rings. The summed E-state index contributed by atoms with van der Waals surface area (Å²) in [4.78, 5) is 35.7. The highest BCUT2D eigenvalue weighted by Gasteiger charge is 2.19. The number of carbonyl (C=O) groups is 1. The van der Waals surface area contributed by atoms with Crippen molar-refractivity contribution in [3.63, 3.8) is 0 Å². The molecule has 0 bridgehead atoms. The van der Waals surface area contributed by atoms with Gasteiger partial charge in [0.05, 0.1) is 16.6 Å². The molecule has 0 atom stereocenters. The Morgan fingerprint density at radius 2 is 1.68 bits per heavy atom. The smallest absolute Gasteiger partial charge is 0.267 e. The van der Waals surface area contributed by atoms with Crippen molar-refractivity contribution >= 4 is 22.4 Å². The summed E-state index contributed by atoms with van der Waals surface area (Å²) < 4.78 is 1.46. The first-order valence-corrected chi connectivity index (χ1v) is 14.6. The van der Waals surface area contributed by atoms with Gasteiger partial charge in [-0.1, -0.05) is 67.6 Å². The lowest BCUT2D eigenvalue weighted by molar-refractivity contribution is 0.102. The largest absolute Gasteiger partial charge is 0.303 e. The van der Waals surface area contributed by atoms with Crippen LogP contribution < -0.4 is 10.9 Å². The molecular formula is C31H38N6O2S. The first-order valence-electron chi connectivity index (χ1n) is 13.8. The number of hydrogen-bond donors (Lipinski definition) is 1. The molecule has 1 amide bonds. The van der Waals surface area contributed by atoms with Crippen LogP contribution in [0.3, 0.4) is 0 Å². The lowest BCUT2D eigenvalue weighted by Crippen LogP contribution is -2.32. The molecule has 0 saturated heterocycles. The van der Waals surface area contributed by atoms with Crippen molar-refractivity contribution in [2.45, 2.75) is 40.3 Å². The van der Waals surface area contributed by atoms with Crippen LogP contribution in [0.4, 0.5) is 5.13 Å². The Morgan fingerprint density at radius 1 is 0.975 bits per heavy atom. The summed E-state index contributed by atoms with van der Waals surface area (Å²) in [5.74, 6) is -0.221. The van der Waals surface area contributed by atoms with Crippen LogP contribution in [0.5, 0.6) is 0 Å². The number of likely N-dealkylation sites (N-methyl/N-ethyl adjacent to an activating group) is 2. The minimum atomic E-state index is -0.221. The van der Waals surface area contributed by atoms with Crippen molar-refractivity contribution in [1.82, 2.24) is 24.6 Å². The van der Waals surface area contributed by atoms with E-state index in [1.807, 2.05) is 68.4 Å². The number of carbonyl (C=O) groups excluding carboxylic acids is 1. The van der Waals surface area contributed by atoms with Gasteiger partial charge in [0.25, 0.3) is 11.5 Å². The van der Waals surface area contributed by atoms with Crippen LogP contribution in [-0.2, 0) is 6.54 Å². The molecule has 2 aromatic heterocycles. The maximum absolute atomic E-state index is 13.2. The Kier molecular flexibility index (Phi) is 9.98. The van der Waals surface area contributed by atoms with Crippen LogP contribution in [0.25, 0.3) is 21.8 Å². The molecule has 0 spiro atoms. The van der Waals surface area contributed by atoms with Gasteiger partial charge in [-0.15, -0.1) is 0 Å². The van der Waals surface area contributed by atoms with Crippen molar-refractivity contribution in [2.75, 3.05) is 38.5 Å². The number of anilines is 1. The highest BCUT2D eigenvalue weighted by molar-refractivity contribution is 7.19. The number of amides is 1. The van der Waals surface area contributed by atoms with Crippen LogP contribution in [0, 0.1) is 0 Å². The van der Waals surface area contributed by atoms with Gasteiger partial charge in [0.2, 0.25) is 0 Å². The summed E-state index contributed by atoms with van der Waals surface area (Å²) in [7, 11) is 2.12. The van der Waals surface area contributed by atoms with Crippen LogP contribution in [0.15, 0.2) is 71.5 Å². The van der Waals surface area contributed by atoms with Crippen molar-refractivity contribution in [2.24, 2.45) is 0 Å². The zero-order chi connectivity index (χ0) is 28.6. The molecule has 0 saturated carbocycles. The summed E-state index contributed by atoms with van der Waals surface area (Å²) >= 11 is 1.35. The molecular weight excluding hydrogens is 520 g/mol. The maximum Gasteiger partial charge on any atom is 0.267 e. The molecule has 4 rings (SSSR count). The highest BCUT2D eigenvalue weighted by Crippen LogP contribution is 2.38. The first kappa shape index (κ1) is 29.3. The van der Waals surface area contributed by atoms with Crippen LogP contribution in [-0.4, -0.2) is 63.7 Å². The molecule has 1 N–H and O–H groups in total. The standard InChI is InChI=1S/C31H38N6O2S/c1-6-36(7-2)20-19-35(5)21-23-13-15-25(16-14-23)30(39)33-31-32-28(24-11-9-8-10-12-24)29(40-31)26-17-18-27(38)37(34-26)22(3)4/h8-18,22H,6-7,19-21H2,1-5H3,(H,32,33,39).